The molecule has 2 bridgehead atoms. The number of nitrogens with zero attached hydrogens (tertiary/aromatic N) is 3. The Labute approximate surface area is 209 Å². The summed E-state index contributed by atoms with van der Waals surface area (Å²) in [5.74, 6) is -1.97. The van der Waals surface area contributed by atoms with Crippen molar-refractivity contribution in [2.75, 3.05) is 31.1 Å². The molecule has 3 fully saturated rings. The highest BCUT2D eigenvalue weighted by Gasteiger charge is 2.56. The highest BCUT2D eigenvalue weighted by Crippen LogP contribution is 2.52. The summed E-state index contributed by atoms with van der Waals surface area (Å²) in [4.78, 5) is 6.58. The number of anilines is 1. The maximum Gasteiger partial charge on any atom is 0.402 e. The van der Waals surface area contributed by atoms with Crippen molar-refractivity contribution in [3.63, 3.8) is 0 Å². The van der Waals surface area contributed by atoms with E-state index < -0.39 is 18.6 Å². The molecule has 1 N–H and O–H groups in total. The second-order valence-electron chi connectivity index (χ2n) is 10.4. The molecule has 2 aliphatic heterocycles. The van der Waals surface area contributed by atoms with Gasteiger partial charge in [-0.05, 0) is 54.7 Å². The van der Waals surface area contributed by atoms with E-state index >= 15 is 0 Å². The quantitative estimate of drug-likeness (QED) is 0.392. The number of thiazole rings is 1. The first kappa shape index (κ1) is 23.9. The maximum absolute atomic E-state index is 13.5. The number of benzene rings is 1. The van der Waals surface area contributed by atoms with E-state index in [-0.39, 0.29) is 24.3 Å². The third-order valence-corrected chi connectivity index (χ3v) is 10.3. The predicted molar refractivity (Wildman–Crippen MR) is 129 cm³/mol. The number of aromatic nitrogens is 1. The van der Waals surface area contributed by atoms with Gasteiger partial charge >= 0.3 is 6.18 Å². The first-order valence-corrected chi connectivity index (χ1v) is 13.7. The van der Waals surface area contributed by atoms with E-state index in [1.807, 2.05) is 4.90 Å². The van der Waals surface area contributed by atoms with Crippen LogP contribution in [0.2, 0.25) is 0 Å². The Hall–Kier alpha value is -1.43. The second-order valence-corrected chi connectivity index (χ2v) is 12.3. The Morgan fingerprint density at radius 3 is 2.49 bits per heavy atom. The minimum absolute atomic E-state index is 0.129. The first-order valence-electron chi connectivity index (χ1n) is 12.1. The van der Waals surface area contributed by atoms with Gasteiger partial charge in [0, 0.05) is 55.7 Å². The van der Waals surface area contributed by atoms with Gasteiger partial charge in [0.15, 0.2) is 0 Å². The van der Waals surface area contributed by atoms with Crippen LogP contribution in [0.15, 0.2) is 24.4 Å². The molecule has 3 atom stereocenters. The fraction of sp³-hybridized carbons (Fsp3) is 0.625. The molecular weight excluding hydrogens is 503 g/mol. The Morgan fingerprint density at radius 1 is 1.06 bits per heavy atom. The average Bonchev–Trinajstić information content (AvgIpc) is 3.47. The molecule has 4 aliphatic rings. The molecule has 1 aromatic carbocycles. The molecule has 35 heavy (non-hydrogen) atoms. The van der Waals surface area contributed by atoms with Crippen LogP contribution < -0.4 is 9.62 Å². The van der Waals surface area contributed by atoms with Crippen LogP contribution in [0.5, 0.6) is 0 Å². The summed E-state index contributed by atoms with van der Waals surface area (Å²) in [7, 11) is 0. The van der Waals surface area contributed by atoms with Crippen molar-refractivity contribution < 1.29 is 22.0 Å². The topological polar surface area (TPSA) is 31.4 Å². The first-order chi connectivity index (χ1) is 16.6. The zero-order valence-corrected chi connectivity index (χ0v) is 20.7. The van der Waals surface area contributed by atoms with E-state index in [2.05, 4.69) is 27.9 Å². The normalized spacial score (nSPS) is 30.6. The summed E-state index contributed by atoms with van der Waals surface area (Å²) in [6, 6.07) is 6.41. The van der Waals surface area contributed by atoms with E-state index in [4.69, 9.17) is 0 Å². The lowest BCUT2D eigenvalue weighted by atomic mass is 9.79. The number of fused-ring (bicyclic) bond motifs is 1. The summed E-state index contributed by atoms with van der Waals surface area (Å²) in [5, 5.41) is 1.79. The predicted octanol–water partition coefficient (Wildman–Crippen LogP) is 5.94. The number of hydrogen-bond donors (Lipinski definition) is 1. The van der Waals surface area contributed by atoms with Gasteiger partial charge < -0.3 is 4.90 Å². The van der Waals surface area contributed by atoms with Crippen LogP contribution in [0, 0.1) is 11.8 Å². The number of rotatable bonds is 3. The molecule has 6 rings (SSSR count). The van der Waals surface area contributed by atoms with E-state index in [1.54, 1.807) is 6.20 Å². The van der Waals surface area contributed by atoms with Crippen LogP contribution in [0.1, 0.15) is 36.8 Å². The molecule has 190 valence electrons. The van der Waals surface area contributed by atoms with Gasteiger partial charge in [0.25, 0.3) is 5.92 Å². The molecule has 0 unspecified atom stereocenters. The van der Waals surface area contributed by atoms with E-state index in [9.17, 15) is 22.0 Å². The van der Waals surface area contributed by atoms with Gasteiger partial charge in [-0.15, -0.1) is 0 Å². The van der Waals surface area contributed by atoms with Crippen molar-refractivity contribution in [2.45, 2.75) is 56.2 Å². The fourth-order valence-corrected chi connectivity index (χ4v) is 8.47. The van der Waals surface area contributed by atoms with Gasteiger partial charge in [-0.1, -0.05) is 23.5 Å². The van der Waals surface area contributed by atoms with Crippen LogP contribution in [0.4, 0.5) is 27.0 Å². The molecule has 3 heterocycles. The summed E-state index contributed by atoms with van der Waals surface area (Å²) in [6.45, 7) is 0.183. The van der Waals surface area contributed by atoms with Gasteiger partial charge in [0.2, 0.25) is 0 Å². The van der Waals surface area contributed by atoms with Crippen molar-refractivity contribution in [1.82, 2.24) is 14.0 Å². The maximum atomic E-state index is 13.5. The Kier molecular flexibility index (Phi) is 5.86. The average molecular weight is 531 g/mol. The molecule has 2 aromatic rings. The molecule has 4 nitrogen and oxygen atoms in total. The lowest BCUT2D eigenvalue weighted by molar-refractivity contribution is -0.135. The number of nitrogens with one attached hydrogen (secondary N) is 1. The molecule has 1 saturated carbocycles. The Balaban J connectivity index is 1.20. The van der Waals surface area contributed by atoms with Crippen molar-refractivity contribution in [3.8, 4) is 10.6 Å². The minimum Gasteiger partial charge on any atom is -0.362 e. The van der Waals surface area contributed by atoms with Gasteiger partial charge in [-0.25, -0.2) is 22.8 Å². The number of alkyl halides is 5. The standard InChI is InChI=1S/C24H27F5N4S2/c25-22(26)5-7-32(8-6-22)20-12-30-21(34-20)16-2-1-15-10-18-3-4-19(11-17(15)9-16)23(18)13-33(35-31-23)14-24(27,28)29/h1-2,9,12,18-19,31H,3-8,10-11,13-14H2/t18-,19+,23+/m0/s1. The second kappa shape index (κ2) is 8.56. The van der Waals surface area contributed by atoms with Crippen LogP contribution >= 0.6 is 23.5 Å². The molecule has 2 aliphatic carbocycles. The van der Waals surface area contributed by atoms with E-state index in [0.717, 1.165) is 53.4 Å². The summed E-state index contributed by atoms with van der Waals surface area (Å²) in [5.41, 5.74) is 3.25. The van der Waals surface area contributed by atoms with Gasteiger partial charge in [-0.2, -0.15) is 13.2 Å². The number of hydrogen-bond acceptors (Lipinski definition) is 6. The zero-order valence-electron chi connectivity index (χ0n) is 19.1. The van der Waals surface area contributed by atoms with Crippen LogP contribution in [0.25, 0.3) is 10.6 Å². The Bertz CT molecular complexity index is 1100. The van der Waals surface area contributed by atoms with Gasteiger partial charge in [-0.3, -0.25) is 0 Å². The molecule has 1 spiro atoms. The highest BCUT2D eigenvalue weighted by atomic mass is 32.2. The fourth-order valence-electron chi connectivity index (χ4n) is 6.32. The highest BCUT2D eigenvalue weighted by molar-refractivity contribution is 7.95. The van der Waals surface area contributed by atoms with E-state index in [0.29, 0.717) is 25.6 Å². The monoisotopic (exact) mass is 530 g/mol. The summed E-state index contributed by atoms with van der Waals surface area (Å²) < 4.78 is 70.9. The molecular formula is C24H27F5N4S2. The van der Waals surface area contributed by atoms with Crippen molar-refractivity contribution in [3.05, 3.63) is 35.5 Å². The summed E-state index contributed by atoms with van der Waals surface area (Å²) >= 11 is 2.66. The smallest absolute Gasteiger partial charge is 0.362 e. The largest absolute Gasteiger partial charge is 0.402 e. The summed E-state index contributed by atoms with van der Waals surface area (Å²) in [6.07, 6.45) is 1.07. The van der Waals surface area contributed by atoms with Gasteiger partial charge in [0.05, 0.1) is 6.20 Å². The number of halogens is 5. The molecule has 2 saturated heterocycles. The lowest BCUT2D eigenvalue weighted by Crippen LogP contribution is -2.51. The van der Waals surface area contributed by atoms with Gasteiger partial charge in [0.1, 0.15) is 16.6 Å². The van der Waals surface area contributed by atoms with Crippen molar-refractivity contribution in [1.29, 1.82) is 0 Å². The third kappa shape index (κ3) is 4.57. The van der Waals surface area contributed by atoms with Crippen LogP contribution in [-0.4, -0.2) is 53.1 Å². The third-order valence-electron chi connectivity index (χ3n) is 8.16. The van der Waals surface area contributed by atoms with Crippen molar-refractivity contribution >= 4 is 28.5 Å². The van der Waals surface area contributed by atoms with Crippen LogP contribution in [-0.2, 0) is 12.8 Å². The van der Waals surface area contributed by atoms with Crippen molar-refractivity contribution in [2.24, 2.45) is 11.8 Å². The molecule has 0 radical (unpaired) electrons. The number of piperidine rings is 1. The Morgan fingerprint density at radius 2 is 1.77 bits per heavy atom. The molecule has 0 amide bonds. The molecule has 11 heteroatoms. The molecule has 1 aromatic heterocycles. The lowest BCUT2D eigenvalue weighted by Gasteiger charge is -2.34. The minimum atomic E-state index is -4.20. The van der Waals surface area contributed by atoms with Crippen LogP contribution in [0.3, 0.4) is 0 Å². The zero-order chi connectivity index (χ0) is 24.4. The van der Waals surface area contributed by atoms with E-state index in [1.165, 1.54) is 26.8 Å². The SMILES string of the molecule is FC(F)(F)CN1C[C@]2(NS1)[C@@H]1CC[C@H]2Cc2ccc(-c3ncc(N4CCC(F)(F)CC4)s3)cc2C1.